The highest BCUT2D eigenvalue weighted by Gasteiger charge is 2.10. The van der Waals surface area contributed by atoms with Gasteiger partial charge >= 0.3 is 0 Å². The first kappa shape index (κ1) is 12.2. The Labute approximate surface area is 104 Å². The summed E-state index contributed by atoms with van der Waals surface area (Å²) in [6.45, 7) is 3.23. The smallest absolute Gasteiger partial charge is 0.163 e. The maximum Gasteiger partial charge on any atom is 0.163 e. The normalized spacial score (nSPS) is 10.2. The molecule has 0 aliphatic heterocycles. The van der Waals surface area contributed by atoms with Crippen molar-refractivity contribution in [1.82, 2.24) is 4.98 Å². The van der Waals surface area contributed by atoms with E-state index in [1.165, 1.54) is 25.1 Å². The largest absolute Gasteiger partial charge is 0.455 e. The van der Waals surface area contributed by atoms with Crippen molar-refractivity contribution < 1.29 is 13.9 Å². The molecule has 2 aromatic rings. The lowest BCUT2D eigenvalue weighted by atomic mass is 10.1. The van der Waals surface area contributed by atoms with Gasteiger partial charge in [0.25, 0.3) is 0 Å². The standard InChI is InChI=1S/C14H12FNO2/c1-9-3-5-12(8-16-9)18-14-6-4-11(15)7-13(14)10(2)17/h3-8H,1-2H3. The predicted molar refractivity (Wildman–Crippen MR) is 65.5 cm³/mol. The topological polar surface area (TPSA) is 39.2 Å². The number of ether oxygens (including phenoxy) is 1. The highest BCUT2D eigenvalue weighted by Crippen LogP contribution is 2.26. The van der Waals surface area contributed by atoms with Crippen molar-refractivity contribution in [2.75, 3.05) is 0 Å². The molecular weight excluding hydrogens is 233 g/mol. The summed E-state index contributed by atoms with van der Waals surface area (Å²) < 4.78 is 18.6. The lowest BCUT2D eigenvalue weighted by Crippen LogP contribution is -1.98. The molecule has 0 saturated carbocycles. The zero-order chi connectivity index (χ0) is 13.1. The molecule has 0 N–H and O–H groups in total. The number of halogens is 1. The number of carbonyl (C=O) groups excluding carboxylic acids is 1. The molecule has 0 radical (unpaired) electrons. The molecule has 92 valence electrons. The van der Waals surface area contributed by atoms with Crippen LogP contribution >= 0.6 is 0 Å². The Bertz CT molecular complexity index is 579. The number of pyridine rings is 1. The van der Waals surface area contributed by atoms with Crippen LogP contribution < -0.4 is 4.74 Å². The number of Topliss-reactive ketones (excluding diaryl/α,β-unsaturated/α-hetero) is 1. The van der Waals surface area contributed by atoms with Crippen LogP contribution in [0.4, 0.5) is 4.39 Å². The van der Waals surface area contributed by atoms with Crippen LogP contribution in [0.1, 0.15) is 23.0 Å². The zero-order valence-corrected chi connectivity index (χ0v) is 10.1. The minimum Gasteiger partial charge on any atom is -0.455 e. The molecule has 0 saturated heterocycles. The van der Waals surface area contributed by atoms with Crippen molar-refractivity contribution in [1.29, 1.82) is 0 Å². The first-order valence-corrected chi connectivity index (χ1v) is 5.47. The number of hydrogen-bond donors (Lipinski definition) is 0. The van der Waals surface area contributed by atoms with Gasteiger partial charge in [-0.2, -0.15) is 0 Å². The van der Waals surface area contributed by atoms with Crippen LogP contribution in [0.25, 0.3) is 0 Å². The van der Waals surface area contributed by atoms with Gasteiger partial charge < -0.3 is 4.74 Å². The molecule has 0 unspecified atom stereocenters. The molecular formula is C14H12FNO2. The van der Waals surface area contributed by atoms with Gasteiger partial charge in [0.1, 0.15) is 17.3 Å². The van der Waals surface area contributed by atoms with Crippen molar-refractivity contribution in [2.45, 2.75) is 13.8 Å². The minimum absolute atomic E-state index is 0.218. The van der Waals surface area contributed by atoms with Crippen LogP contribution in [0.3, 0.4) is 0 Å². The van der Waals surface area contributed by atoms with Crippen molar-refractivity contribution in [3.63, 3.8) is 0 Å². The number of nitrogens with zero attached hydrogens (tertiary/aromatic N) is 1. The molecule has 0 bridgehead atoms. The van der Waals surface area contributed by atoms with E-state index in [4.69, 9.17) is 4.74 Å². The number of carbonyl (C=O) groups is 1. The summed E-state index contributed by atoms with van der Waals surface area (Å²) in [5, 5.41) is 0. The Morgan fingerprint density at radius 1 is 1.28 bits per heavy atom. The second kappa shape index (κ2) is 4.96. The van der Waals surface area contributed by atoms with Crippen LogP contribution in [0, 0.1) is 12.7 Å². The summed E-state index contributed by atoms with van der Waals surface area (Å²) in [7, 11) is 0. The molecule has 2 rings (SSSR count). The number of hydrogen-bond acceptors (Lipinski definition) is 3. The summed E-state index contributed by atoms with van der Waals surface area (Å²) in [6, 6.07) is 7.40. The predicted octanol–water partition coefficient (Wildman–Crippen LogP) is 3.52. The average Bonchev–Trinajstić information content (AvgIpc) is 2.34. The molecule has 0 aliphatic carbocycles. The van der Waals surface area contributed by atoms with Gasteiger partial charge in [-0.05, 0) is 44.2 Å². The molecule has 18 heavy (non-hydrogen) atoms. The molecule has 0 fully saturated rings. The van der Waals surface area contributed by atoms with Crippen LogP contribution in [0.15, 0.2) is 36.5 Å². The molecule has 0 spiro atoms. The Hall–Kier alpha value is -2.23. The second-order valence-electron chi connectivity index (χ2n) is 3.93. The van der Waals surface area contributed by atoms with Crippen LogP contribution in [0.2, 0.25) is 0 Å². The SMILES string of the molecule is CC(=O)c1cc(F)ccc1Oc1ccc(C)nc1. The zero-order valence-electron chi connectivity index (χ0n) is 10.1. The van der Waals surface area contributed by atoms with E-state index in [1.807, 2.05) is 6.92 Å². The minimum atomic E-state index is -0.463. The van der Waals surface area contributed by atoms with Gasteiger partial charge in [-0.25, -0.2) is 4.39 Å². The maximum atomic E-state index is 13.1. The Balaban J connectivity index is 2.34. The van der Waals surface area contributed by atoms with Crippen molar-refractivity contribution in [3.8, 4) is 11.5 Å². The van der Waals surface area contributed by atoms with E-state index in [-0.39, 0.29) is 11.3 Å². The van der Waals surface area contributed by atoms with E-state index in [9.17, 15) is 9.18 Å². The molecule has 0 aliphatic rings. The Kier molecular flexibility index (Phi) is 3.37. The van der Waals surface area contributed by atoms with Crippen molar-refractivity contribution in [3.05, 3.63) is 53.6 Å². The Morgan fingerprint density at radius 2 is 2.06 bits per heavy atom. The Morgan fingerprint density at radius 3 is 2.67 bits per heavy atom. The molecule has 0 atom stereocenters. The van der Waals surface area contributed by atoms with Crippen molar-refractivity contribution in [2.24, 2.45) is 0 Å². The second-order valence-corrected chi connectivity index (χ2v) is 3.93. The fraction of sp³-hybridized carbons (Fsp3) is 0.143. The van der Waals surface area contributed by atoms with Gasteiger partial charge in [0.05, 0.1) is 11.8 Å². The number of aryl methyl sites for hydroxylation is 1. The third-order valence-corrected chi connectivity index (χ3v) is 2.43. The third-order valence-electron chi connectivity index (χ3n) is 2.43. The summed E-state index contributed by atoms with van der Waals surface area (Å²) in [4.78, 5) is 15.5. The van der Waals surface area contributed by atoms with Gasteiger partial charge in [0.2, 0.25) is 0 Å². The molecule has 1 aromatic carbocycles. The molecule has 1 heterocycles. The van der Waals surface area contributed by atoms with Gasteiger partial charge in [-0.3, -0.25) is 9.78 Å². The molecule has 0 amide bonds. The van der Waals surface area contributed by atoms with E-state index in [0.717, 1.165) is 5.69 Å². The number of benzene rings is 1. The lowest BCUT2D eigenvalue weighted by Gasteiger charge is -2.09. The first-order chi connectivity index (χ1) is 8.56. The monoisotopic (exact) mass is 245 g/mol. The summed E-state index contributed by atoms with van der Waals surface area (Å²) in [5.41, 5.74) is 1.09. The third kappa shape index (κ3) is 2.71. The fourth-order valence-electron chi connectivity index (χ4n) is 1.51. The first-order valence-electron chi connectivity index (χ1n) is 5.47. The molecule has 4 heteroatoms. The molecule has 1 aromatic heterocycles. The van der Waals surface area contributed by atoms with Crippen molar-refractivity contribution >= 4 is 5.78 Å². The average molecular weight is 245 g/mol. The summed E-state index contributed by atoms with van der Waals surface area (Å²) in [5.74, 6) is 0.128. The maximum absolute atomic E-state index is 13.1. The van der Waals surface area contributed by atoms with E-state index in [1.54, 1.807) is 18.3 Å². The van der Waals surface area contributed by atoms with E-state index >= 15 is 0 Å². The van der Waals surface area contributed by atoms with Gasteiger partial charge in [-0.1, -0.05) is 0 Å². The van der Waals surface area contributed by atoms with Gasteiger partial charge in [0, 0.05) is 5.69 Å². The lowest BCUT2D eigenvalue weighted by molar-refractivity contribution is 0.101. The fourth-order valence-corrected chi connectivity index (χ4v) is 1.51. The van der Waals surface area contributed by atoms with Gasteiger partial charge in [0.15, 0.2) is 5.78 Å². The van der Waals surface area contributed by atoms with E-state index < -0.39 is 5.82 Å². The van der Waals surface area contributed by atoms with Crippen LogP contribution in [-0.2, 0) is 0 Å². The summed E-state index contributed by atoms with van der Waals surface area (Å²) in [6.07, 6.45) is 1.56. The van der Waals surface area contributed by atoms with E-state index in [2.05, 4.69) is 4.98 Å². The van der Waals surface area contributed by atoms with Crippen LogP contribution in [-0.4, -0.2) is 10.8 Å². The quantitative estimate of drug-likeness (QED) is 0.776. The van der Waals surface area contributed by atoms with E-state index in [0.29, 0.717) is 11.5 Å². The van der Waals surface area contributed by atoms with Gasteiger partial charge in [-0.15, -0.1) is 0 Å². The highest BCUT2D eigenvalue weighted by atomic mass is 19.1. The molecule has 3 nitrogen and oxygen atoms in total. The number of rotatable bonds is 3. The number of aromatic nitrogens is 1. The number of ketones is 1. The van der Waals surface area contributed by atoms with Crippen LogP contribution in [0.5, 0.6) is 11.5 Å². The highest BCUT2D eigenvalue weighted by molar-refractivity contribution is 5.96. The summed E-state index contributed by atoms with van der Waals surface area (Å²) >= 11 is 0.